The second-order valence-corrected chi connectivity index (χ2v) is 9.13. The van der Waals surface area contributed by atoms with Crippen molar-refractivity contribution in [3.63, 3.8) is 0 Å². The van der Waals surface area contributed by atoms with Gasteiger partial charge in [-0.15, -0.1) is 0 Å². The maximum Gasteiger partial charge on any atom is 0.253 e. The molecule has 3 atom stereocenters. The number of methoxy groups -OCH3 is 1. The highest BCUT2D eigenvalue weighted by Gasteiger charge is 2.28. The number of benzene rings is 2. The molecule has 2 aromatic carbocycles. The molecule has 0 spiro atoms. The van der Waals surface area contributed by atoms with Crippen LogP contribution in [0.1, 0.15) is 72.5 Å². The molecule has 1 heterocycles. The van der Waals surface area contributed by atoms with Crippen LogP contribution in [0.4, 0.5) is 4.39 Å². The highest BCUT2D eigenvalue weighted by molar-refractivity contribution is 5.94. The molecule has 172 valence electrons. The van der Waals surface area contributed by atoms with E-state index in [1.54, 1.807) is 12.1 Å². The van der Waals surface area contributed by atoms with Gasteiger partial charge in [0.2, 0.25) is 0 Å². The fraction of sp³-hybridized carbons (Fsp3) is 0.500. The molecule has 1 aliphatic heterocycles. The number of piperidine rings is 1. The quantitative estimate of drug-likeness (QED) is 0.698. The Morgan fingerprint density at radius 1 is 1.12 bits per heavy atom. The topological polar surface area (TPSA) is 61.8 Å². The summed E-state index contributed by atoms with van der Waals surface area (Å²) in [4.78, 5) is 14.6. The number of nitrogens with one attached hydrogen (secondary N) is 1. The van der Waals surface area contributed by atoms with Gasteiger partial charge in [-0.3, -0.25) is 4.79 Å². The Balaban J connectivity index is 1.32. The highest BCUT2D eigenvalue weighted by Crippen LogP contribution is 2.36. The number of carbonyl (C=O) groups excluding carboxylic acids is 1. The summed E-state index contributed by atoms with van der Waals surface area (Å²) in [5, 5.41) is 13.3. The average Bonchev–Trinajstić information content (AvgIpc) is 3.28. The molecule has 32 heavy (non-hydrogen) atoms. The van der Waals surface area contributed by atoms with Gasteiger partial charge in [0.15, 0.2) is 11.6 Å². The van der Waals surface area contributed by atoms with Crippen LogP contribution in [0.3, 0.4) is 0 Å². The first-order valence-electron chi connectivity index (χ1n) is 11.6. The van der Waals surface area contributed by atoms with Crippen molar-refractivity contribution in [2.45, 2.75) is 63.1 Å². The van der Waals surface area contributed by atoms with Crippen molar-refractivity contribution in [2.24, 2.45) is 0 Å². The predicted octanol–water partition coefficient (Wildman–Crippen LogP) is 4.42. The number of aliphatic hydroxyl groups is 1. The molecule has 1 amide bonds. The highest BCUT2D eigenvalue weighted by atomic mass is 19.1. The SMILES string of the molecule is COc1cc([C@@H](C)NC2CC[C@@H](c3ccc(C(=O)N4CCC(O)CC4)cc3)C2)ccc1F. The van der Waals surface area contributed by atoms with Gasteiger partial charge in [0.25, 0.3) is 5.91 Å². The van der Waals surface area contributed by atoms with Gasteiger partial charge in [-0.1, -0.05) is 18.2 Å². The summed E-state index contributed by atoms with van der Waals surface area (Å²) in [6.45, 7) is 3.34. The Morgan fingerprint density at radius 3 is 2.53 bits per heavy atom. The number of halogens is 1. The van der Waals surface area contributed by atoms with E-state index in [1.807, 2.05) is 17.0 Å². The van der Waals surface area contributed by atoms with Crippen LogP contribution < -0.4 is 10.1 Å². The molecule has 5 nitrogen and oxygen atoms in total. The molecular weight excluding hydrogens is 407 g/mol. The molecule has 0 radical (unpaired) electrons. The number of aliphatic hydroxyl groups excluding tert-OH is 1. The second kappa shape index (κ2) is 10.0. The minimum atomic E-state index is -0.343. The van der Waals surface area contributed by atoms with Gasteiger partial charge < -0.3 is 20.1 Å². The Hall–Kier alpha value is -2.44. The monoisotopic (exact) mass is 440 g/mol. The van der Waals surface area contributed by atoms with Crippen LogP contribution >= 0.6 is 0 Å². The van der Waals surface area contributed by atoms with E-state index in [-0.39, 0.29) is 29.6 Å². The average molecular weight is 441 g/mol. The van der Waals surface area contributed by atoms with Crippen LogP contribution in [0.25, 0.3) is 0 Å². The van der Waals surface area contributed by atoms with Crippen molar-refractivity contribution in [3.05, 3.63) is 65.0 Å². The van der Waals surface area contributed by atoms with Gasteiger partial charge in [0.05, 0.1) is 13.2 Å². The van der Waals surface area contributed by atoms with Gasteiger partial charge in [-0.2, -0.15) is 0 Å². The van der Waals surface area contributed by atoms with Gasteiger partial charge in [0.1, 0.15) is 0 Å². The Kier molecular flexibility index (Phi) is 7.11. The predicted molar refractivity (Wildman–Crippen MR) is 122 cm³/mol. The van der Waals surface area contributed by atoms with Crippen LogP contribution in [-0.4, -0.2) is 48.3 Å². The van der Waals surface area contributed by atoms with Crippen LogP contribution in [0.2, 0.25) is 0 Å². The van der Waals surface area contributed by atoms with E-state index < -0.39 is 0 Å². The first kappa shape index (κ1) is 22.7. The van der Waals surface area contributed by atoms with Crippen molar-refractivity contribution in [1.29, 1.82) is 0 Å². The molecule has 1 unspecified atom stereocenters. The largest absolute Gasteiger partial charge is 0.494 e. The lowest BCUT2D eigenvalue weighted by atomic mass is 9.96. The van der Waals surface area contributed by atoms with E-state index in [1.165, 1.54) is 18.7 Å². The second-order valence-electron chi connectivity index (χ2n) is 9.13. The van der Waals surface area contributed by atoms with Gasteiger partial charge >= 0.3 is 0 Å². The molecule has 1 aliphatic carbocycles. The third-order valence-corrected chi connectivity index (χ3v) is 6.97. The van der Waals surface area contributed by atoms with E-state index in [0.29, 0.717) is 37.9 Å². The summed E-state index contributed by atoms with van der Waals surface area (Å²) < 4.78 is 18.8. The number of nitrogens with zero attached hydrogens (tertiary/aromatic N) is 1. The molecule has 2 fully saturated rings. The summed E-state index contributed by atoms with van der Waals surface area (Å²) in [6.07, 6.45) is 4.27. The van der Waals surface area contributed by atoms with Crippen LogP contribution in [0.5, 0.6) is 5.75 Å². The molecule has 1 saturated heterocycles. The van der Waals surface area contributed by atoms with Crippen molar-refractivity contribution in [1.82, 2.24) is 10.2 Å². The summed E-state index contributed by atoms with van der Waals surface area (Å²) >= 11 is 0. The Labute approximate surface area is 189 Å². The molecular formula is C26H33FN2O3. The fourth-order valence-electron chi connectivity index (χ4n) is 4.98. The maximum absolute atomic E-state index is 13.7. The first-order valence-corrected chi connectivity index (χ1v) is 11.6. The van der Waals surface area contributed by atoms with Crippen molar-refractivity contribution in [3.8, 4) is 5.75 Å². The lowest BCUT2D eigenvalue weighted by Crippen LogP contribution is -2.40. The number of rotatable bonds is 6. The summed E-state index contributed by atoms with van der Waals surface area (Å²) in [5.74, 6) is 0.453. The number of ether oxygens (including phenoxy) is 1. The normalized spacial score (nSPS) is 22.7. The zero-order chi connectivity index (χ0) is 22.7. The third-order valence-electron chi connectivity index (χ3n) is 6.97. The lowest BCUT2D eigenvalue weighted by Gasteiger charge is -2.29. The maximum atomic E-state index is 13.7. The van der Waals surface area contributed by atoms with E-state index >= 15 is 0 Å². The van der Waals surface area contributed by atoms with E-state index in [4.69, 9.17) is 4.74 Å². The van der Waals surface area contributed by atoms with Crippen LogP contribution in [-0.2, 0) is 0 Å². The Morgan fingerprint density at radius 2 is 1.84 bits per heavy atom. The number of carbonyl (C=O) groups is 1. The molecule has 2 aliphatic rings. The standard InChI is InChI=1S/C26H33FN2O3/c1-17(20-8-10-24(27)25(16-20)32-2)28-22-9-7-21(15-22)18-3-5-19(6-4-18)26(31)29-13-11-23(30)12-14-29/h3-6,8,10,16-17,21-23,28,30H,7,9,11-15H2,1-2H3/t17-,21-,22?/m1/s1. The molecule has 6 heteroatoms. The molecule has 0 aromatic heterocycles. The van der Waals surface area contributed by atoms with E-state index in [2.05, 4.69) is 24.4 Å². The van der Waals surface area contributed by atoms with Gasteiger partial charge in [0, 0.05) is 30.7 Å². The fourth-order valence-corrected chi connectivity index (χ4v) is 4.98. The molecule has 2 N–H and O–H groups in total. The van der Waals surface area contributed by atoms with Crippen LogP contribution in [0, 0.1) is 5.82 Å². The number of hydrogen-bond donors (Lipinski definition) is 2. The van der Waals surface area contributed by atoms with E-state index in [0.717, 1.165) is 30.4 Å². The summed E-state index contributed by atoms with van der Waals surface area (Å²) in [5.41, 5.74) is 3.01. The Bertz CT molecular complexity index is 925. The summed E-state index contributed by atoms with van der Waals surface area (Å²) in [7, 11) is 1.48. The van der Waals surface area contributed by atoms with E-state index in [9.17, 15) is 14.3 Å². The van der Waals surface area contributed by atoms with Crippen LogP contribution in [0.15, 0.2) is 42.5 Å². The van der Waals surface area contributed by atoms with Crippen molar-refractivity contribution in [2.75, 3.05) is 20.2 Å². The minimum absolute atomic E-state index is 0.0537. The first-order chi connectivity index (χ1) is 15.4. The number of hydrogen-bond acceptors (Lipinski definition) is 4. The molecule has 0 bridgehead atoms. The number of likely N-dealkylation sites (tertiary alicyclic amines) is 1. The van der Waals surface area contributed by atoms with Crippen molar-refractivity contribution >= 4 is 5.91 Å². The summed E-state index contributed by atoms with van der Waals surface area (Å²) in [6, 6.07) is 13.6. The van der Waals surface area contributed by atoms with Crippen molar-refractivity contribution < 1.29 is 19.0 Å². The van der Waals surface area contributed by atoms with Gasteiger partial charge in [-0.25, -0.2) is 4.39 Å². The molecule has 2 aromatic rings. The molecule has 4 rings (SSSR count). The number of amides is 1. The zero-order valence-electron chi connectivity index (χ0n) is 18.9. The lowest BCUT2D eigenvalue weighted by molar-refractivity contribution is 0.0546. The minimum Gasteiger partial charge on any atom is -0.494 e. The van der Waals surface area contributed by atoms with Gasteiger partial charge in [-0.05, 0) is 80.3 Å². The smallest absolute Gasteiger partial charge is 0.253 e. The molecule has 1 saturated carbocycles. The zero-order valence-corrected chi connectivity index (χ0v) is 18.9. The third kappa shape index (κ3) is 5.13.